The quantitative estimate of drug-likeness (QED) is 0.768. The van der Waals surface area contributed by atoms with Crippen molar-refractivity contribution in [2.75, 3.05) is 0 Å². The molecule has 1 aromatic heterocycles. The summed E-state index contributed by atoms with van der Waals surface area (Å²) in [5, 5.41) is 0. The van der Waals surface area contributed by atoms with Crippen molar-refractivity contribution in [2.24, 2.45) is 0 Å². The molecule has 0 N–H and O–H groups in total. The molecule has 0 unspecified atom stereocenters. The molecule has 104 valence electrons. The molecule has 1 heterocycles. The highest BCUT2D eigenvalue weighted by Crippen LogP contribution is 2.49. The Morgan fingerprint density at radius 3 is 2.05 bits per heavy atom. The number of benzene rings is 1. The van der Waals surface area contributed by atoms with Gasteiger partial charge in [-0.25, -0.2) is 4.98 Å². The molecule has 0 saturated carbocycles. The Kier molecular flexibility index (Phi) is 2.76. The highest BCUT2D eigenvalue weighted by atomic mass is 19.4. The lowest BCUT2D eigenvalue weighted by Gasteiger charge is -2.29. The van der Waals surface area contributed by atoms with Crippen molar-refractivity contribution in [3.63, 3.8) is 0 Å². The van der Waals surface area contributed by atoms with Gasteiger partial charge in [-0.05, 0) is 12.1 Å². The third-order valence-corrected chi connectivity index (χ3v) is 2.49. The molecule has 0 spiro atoms. The van der Waals surface area contributed by atoms with Crippen molar-refractivity contribution in [3.8, 4) is 0 Å². The zero-order valence-corrected chi connectivity index (χ0v) is 8.93. The second kappa shape index (κ2) is 3.84. The first kappa shape index (κ1) is 13.6. The fourth-order valence-corrected chi connectivity index (χ4v) is 1.50. The molecule has 0 atom stereocenters. The van der Waals surface area contributed by atoms with Crippen LogP contribution in [0.5, 0.6) is 0 Å². The van der Waals surface area contributed by atoms with Gasteiger partial charge >= 0.3 is 18.1 Å². The number of aromatic nitrogens is 2. The summed E-state index contributed by atoms with van der Waals surface area (Å²) in [7, 11) is 0. The molecule has 0 radical (unpaired) electrons. The second-order valence-electron chi connectivity index (χ2n) is 3.72. The largest absolute Gasteiger partial charge is 0.462 e. The summed E-state index contributed by atoms with van der Waals surface area (Å²) in [6.45, 7) is 0. The lowest BCUT2D eigenvalue weighted by atomic mass is 10.2. The zero-order chi connectivity index (χ0) is 14.5. The Morgan fingerprint density at radius 1 is 0.895 bits per heavy atom. The van der Waals surface area contributed by atoms with Crippen molar-refractivity contribution >= 4 is 11.0 Å². The first-order valence-electron chi connectivity index (χ1n) is 4.84. The molecule has 0 aliphatic carbocycles. The van der Waals surface area contributed by atoms with Crippen LogP contribution in [-0.2, 0) is 6.05 Å². The van der Waals surface area contributed by atoms with E-state index in [4.69, 9.17) is 0 Å². The molecule has 19 heavy (non-hydrogen) atoms. The van der Waals surface area contributed by atoms with Crippen molar-refractivity contribution in [2.45, 2.75) is 18.1 Å². The monoisotopic (exact) mass is 286 g/mol. The van der Waals surface area contributed by atoms with E-state index in [9.17, 15) is 30.7 Å². The number of nitrogens with zero attached hydrogens (tertiary/aromatic N) is 2. The Labute approximate surface area is 101 Å². The molecule has 0 amide bonds. The lowest BCUT2D eigenvalue weighted by molar-refractivity contribution is -0.379. The number of rotatable bonds is 2. The van der Waals surface area contributed by atoms with Crippen LogP contribution in [-0.4, -0.2) is 21.6 Å². The molecule has 2 rings (SSSR count). The van der Waals surface area contributed by atoms with Gasteiger partial charge in [-0.1, -0.05) is 12.1 Å². The van der Waals surface area contributed by atoms with Crippen molar-refractivity contribution in [1.29, 1.82) is 0 Å². The van der Waals surface area contributed by atoms with Crippen LogP contribution in [0.2, 0.25) is 0 Å². The van der Waals surface area contributed by atoms with Crippen LogP contribution in [0.25, 0.3) is 11.0 Å². The first-order valence-corrected chi connectivity index (χ1v) is 4.84. The predicted molar refractivity (Wildman–Crippen MR) is 50.9 cm³/mol. The van der Waals surface area contributed by atoms with E-state index in [0.717, 1.165) is 6.07 Å². The number of halogens is 7. The van der Waals surface area contributed by atoms with E-state index in [1.807, 2.05) is 0 Å². The summed E-state index contributed by atoms with van der Waals surface area (Å²) in [6, 6.07) is -0.667. The highest BCUT2D eigenvalue weighted by Gasteiger charge is 2.74. The minimum absolute atomic E-state index is 0.111. The summed E-state index contributed by atoms with van der Waals surface area (Å²) in [4.78, 5) is 3.36. The van der Waals surface area contributed by atoms with Gasteiger partial charge in [0.1, 0.15) is 6.33 Å². The van der Waals surface area contributed by atoms with Crippen LogP contribution in [0.15, 0.2) is 30.6 Å². The van der Waals surface area contributed by atoms with E-state index in [0.29, 0.717) is 0 Å². The molecule has 0 aliphatic heterocycles. The summed E-state index contributed by atoms with van der Waals surface area (Å²) >= 11 is 0. The summed E-state index contributed by atoms with van der Waals surface area (Å²) in [5.74, 6) is -6.20. The van der Waals surface area contributed by atoms with Gasteiger partial charge in [0.25, 0.3) is 0 Å². The number of hydrogen-bond acceptors (Lipinski definition) is 1. The Bertz CT molecular complexity index is 599. The van der Waals surface area contributed by atoms with Crippen LogP contribution in [0.4, 0.5) is 30.7 Å². The van der Waals surface area contributed by atoms with Gasteiger partial charge in [-0.2, -0.15) is 30.7 Å². The fourth-order valence-electron chi connectivity index (χ4n) is 1.50. The molecule has 2 nitrogen and oxygen atoms in total. The lowest BCUT2D eigenvalue weighted by Crippen LogP contribution is -2.52. The van der Waals surface area contributed by atoms with E-state index in [1.54, 1.807) is 0 Å². The molecule has 0 bridgehead atoms. The van der Waals surface area contributed by atoms with Crippen molar-refractivity contribution < 1.29 is 30.7 Å². The third-order valence-electron chi connectivity index (χ3n) is 2.49. The molecular weight excluding hydrogens is 281 g/mol. The molecule has 9 heteroatoms. The van der Waals surface area contributed by atoms with Crippen molar-refractivity contribution in [3.05, 3.63) is 30.6 Å². The Hall–Kier alpha value is -1.80. The van der Waals surface area contributed by atoms with Crippen LogP contribution in [0.1, 0.15) is 0 Å². The van der Waals surface area contributed by atoms with E-state index in [2.05, 4.69) is 4.98 Å². The van der Waals surface area contributed by atoms with Gasteiger partial charge in [0.2, 0.25) is 0 Å². The van der Waals surface area contributed by atoms with E-state index in [-0.39, 0.29) is 11.8 Å². The molecular formula is C10H5F7N2. The predicted octanol–water partition coefficient (Wildman–Crippen LogP) is 3.78. The number of hydrogen-bond donors (Lipinski definition) is 0. The molecule has 1 aromatic carbocycles. The van der Waals surface area contributed by atoms with Crippen LogP contribution >= 0.6 is 0 Å². The number of alkyl halides is 7. The van der Waals surface area contributed by atoms with Crippen molar-refractivity contribution in [1.82, 2.24) is 9.55 Å². The normalized spacial score (nSPS) is 14.1. The molecule has 2 aromatic rings. The number of fused-ring (bicyclic) bond motifs is 1. The van der Waals surface area contributed by atoms with Crippen LogP contribution < -0.4 is 0 Å². The smallest absolute Gasteiger partial charge is 0.265 e. The summed E-state index contributed by atoms with van der Waals surface area (Å²) in [5.41, 5.74) is -0.628. The minimum Gasteiger partial charge on any atom is -0.265 e. The van der Waals surface area contributed by atoms with E-state index >= 15 is 0 Å². The standard InChI is InChI=1S/C10H5F7N2/c11-8(12,9(13,14)15)10(16,17)19-5-18-6-3-1-2-4-7(6)19/h1-5H. The highest BCUT2D eigenvalue weighted by molar-refractivity contribution is 5.75. The topological polar surface area (TPSA) is 17.8 Å². The van der Waals surface area contributed by atoms with Gasteiger partial charge in [-0.3, -0.25) is 4.57 Å². The Morgan fingerprint density at radius 2 is 1.47 bits per heavy atom. The van der Waals surface area contributed by atoms with E-state index < -0.39 is 28.2 Å². The van der Waals surface area contributed by atoms with Gasteiger partial charge in [0.05, 0.1) is 11.0 Å². The SMILES string of the molecule is FC(F)(F)C(F)(F)C(F)(F)n1cnc2ccccc21. The van der Waals surface area contributed by atoms with Crippen LogP contribution in [0.3, 0.4) is 0 Å². The second-order valence-corrected chi connectivity index (χ2v) is 3.72. The third kappa shape index (κ3) is 1.83. The van der Waals surface area contributed by atoms with Gasteiger partial charge in [-0.15, -0.1) is 0 Å². The average Bonchev–Trinajstić information content (AvgIpc) is 2.71. The minimum atomic E-state index is -6.37. The van der Waals surface area contributed by atoms with Crippen LogP contribution in [0, 0.1) is 0 Å². The Balaban J connectivity index is 2.62. The van der Waals surface area contributed by atoms with Gasteiger partial charge in [0, 0.05) is 0 Å². The molecule has 0 aliphatic rings. The maximum atomic E-state index is 13.4. The number of para-hydroxylation sites is 2. The summed E-state index contributed by atoms with van der Waals surface area (Å²) < 4.78 is 88.3. The first-order chi connectivity index (χ1) is 8.59. The van der Waals surface area contributed by atoms with Gasteiger partial charge in [0.15, 0.2) is 0 Å². The molecule has 0 saturated heterocycles. The number of imidazole rings is 1. The summed E-state index contributed by atoms with van der Waals surface area (Å²) in [6.07, 6.45) is -6.12. The van der Waals surface area contributed by atoms with E-state index in [1.165, 1.54) is 18.2 Å². The maximum Gasteiger partial charge on any atom is 0.462 e. The zero-order valence-electron chi connectivity index (χ0n) is 8.93. The maximum absolute atomic E-state index is 13.4. The fraction of sp³-hybridized carbons (Fsp3) is 0.300. The molecule has 0 fully saturated rings. The average molecular weight is 286 g/mol. The van der Waals surface area contributed by atoms with Gasteiger partial charge < -0.3 is 0 Å².